The molecule has 1 aromatic carbocycles. The van der Waals surface area contributed by atoms with Crippen LogP contribution in [0.3, 0.4) is 0 Å². The van der Waals surface area contributed by atoms with E-state index in [0.29, 0.717) is 12.3 Å². The third-order valence-electron chi connectivity index (χ3n) is 4.06. The lowest BCUT2D eigenvalue weighted by atomic mass is 10.0. The van der Waals surface area contributed by atoms with Gasteiger partial charge in [-0.05, 0) is 25.3 Å². The Morgan fingerprint density at radius 3 is 2.90 bits per heavy atom. The Morgan fingerprint density at radius 1 is 1.29 bits per heavy atom. The number of aryl methyl sites for hydroxylation is 1. The quantitative estimate of drug-likeness (QED) is 0.801. The predicted molar refractivity (Wildman–Crippen MR) is 80.6 cm³/mol. The maximum Gasteiger partial charge on any atom is 0.219 e. The van der Waals surface area contributed by atoms with Crippen molar-refractivity contribution in [2.24, 2.45) is 0 Å². The molecular formula is C17H17N3O. The van der Waals surface area contributed by atoms with Crippen molar-refractivity contribution in [2.45, 2.75) is 32.1 Å². The molecule has 1 N–H and O–H groups in total. The second-order valence-corrected chi connectivity index (χ2v) is 5.84. The van der Waals surface area contributed by atoms with Crippen molar-refractivity contribution in [1.29, 1.82) is 0 Å². The first kappa shape index (κ1) is 12.4. The molecular weight excluding hydrogens is 262 g/mol. The summed E-state index contributed by atoms with van der Waals surface area (Å²) in [6.07, 6.45) is 4.70. The van der Waals surface area contributed by atoms with E-state index in [1.54, 1.807) is 6.20 Å². The molecule has 21 heavy (non-hydrogen) atoms. The van der Waals surface area contributed by atoms with Crippen LogP contribution >= 0.6 is 0 Å². The number of hydrogen-bond acceptors (Lipinski definition) is 3. The summed E-state index contributed by atoms with van der Waals surface area (Å²) in [5.41, 5.74) is 5.11. The van der Waals surface area contributed by atoms with Crippen LogP contribution in [0.25, 0.3) is 5.65 Å². The van der Waals surface area contributed by atoms with Gasteiger partial charge in [0.25, 0.3) is 0 Å². The van der Waals surface area contributed by atoms with Crippen molar-refractivity contribution in [3.8, 4) is 5.88 Å². The number of fused-ring (bicyclic) bond motifs is 1. The molecule has 0 aliphatic heterocycles. The summed E-state index contributed by atoms with van der Waals surface area (Å²) < 4.78 is 1.52. The molecule has 3 aromatic rings. The van der Waals surface area contributed by atoms with E-state index in [9.17, 15) is 5.11 Å². The summed E-state index contributed by atoms with van der Waals surface area (Å²) in [5, 5.41) is 14.8. The molecule has 0 bridgehead atoms. The molecule has 0 radical (unpaired) electrons. The van der Waals surface area contributed by atoms with Crippen LogP contribution in [0.5, 0.6) is 5.88 Å². The summed E-state index contributed by atoms with van der Waals surface area (Å²) in [5.74, 6) is 0.726. The topological polar surface area (TPSA) is 50.4 Å². The lowest BCUT2D eigenvalue weighted by molar-refractivity contribution is 0.427. The molecule has 0 unspecified atom stereocenters. The van der Waals surface area contributed by atoms with E-state index in [2.05, 4.69) is 36.3 Å². The van der Waals surface area contributed by atoms with E-state index in [-0.39, 0.29) is 5.88 Å². The number of nitrogens with zero attached hydrogens (tertiary/aromatic N) is 3. The van der Waals surface area contributed by atoms with Gasteiger partial charge in [-0.15, -0.1) is 0 Å². The van der Waals surface area contributed by atoms with Crippen molar-refractivity contribution < 1.29 is 5.11 Å². The minimum Gasteiger partial charge on any atom is -0.493 e. The normalized spacial score (nSPS) is 14.7. The molecule has 1 aliphatic rings. The van der Waals surface area contributed by atoms with Crippen LogP contribution in [0.1, 0.15) is 41.1 Å². The Labute approximate surface area is 123 Å². The van der Waals surface area contributed by atoms with Gasteiger partial charge >= 0.3 is 0 Å². The van der Waals surface area contributed by atoms with Crippen LogP contribution in [0.4, 0.5) is 0 Å². The maximum atomic E-state index is 10.6. The van der Waals surface area contributed by atoms with Crippen LogP contribution in [-0.4, -0.2) is 19.7 Å². The molecule has 0 amide bonds. The fourth-order valence-corrected chi connectivity index (χ4v) is 2.87. The van der Waals surface area contributed by atoms with Crippen LogP contribution in [0.15, 0.2) is 36.5 Å². The number of rotatable bonds is 3. The Kier molecular flexibility index (Phi) is 2.70. The Balaban J connectivity index is 1.85. The maximum absolute atomic E-state index is 10.6. The second kappa shape index (κ2) is 4.58. The Morgan fingerprint density at radius 2 is 2.14 bits per heavy atom. The standard InChI is InChI=1S/C17H17N3O/c1-11-3-2-4-12(9-11)10-14-16(13-5-6-13)19-15-7-8-18-20(15)17(14)21/h2-4,7-9,13,21H,5-6,10H2,1H3. The fraction of sp³-hybridized carbons (Fsp3) is 0.294. The molecule has 1 aliphatic carbocycles. The van der Waals surface area contributed by atoms with Gasteiger partial charge < -0.3 is 5.11 Å². The van der Waals surface area contributed by atoms with E-state index in [4.69, 9.17) is 4.98 Å². The van der Waals surface area contributed by atoms with E-state index >= 15 is 0 Å². The van der Waals surface area contributed by atoms with E-state index in [1.807, 2.05) is 6.07 Å². The predicted octanol–water partition coefficient (Wildman–Crippen LogP) is 3.21. The molecule has 4 rings (SSSR count). The molecule has 4 nitrogen and oxygen atoms in total. The molecule has 0 spiro atoms. The third-order valence-corrected chi connectivity index (χ3v) is 4.06. The molecule has 2 heterocycles. The highest BCUT2D eigenvalue weighted by molar-refractivity contribution is 5.48. The minimum atomic E-state index is 0.230. The van der Waals surface area contributed by atoms with E-state index in [1.165, 1.54) is 15.6 Å². The monoisotopic (exact) mass is 279 g/mol. The first-order valence-corrected chi connectivity index (χ1v) is 7.33. The van der Waals surface area contributed by atoms with Crippen LogP contribution in [0, 0.1) is 6.92 Å². The van der Waals surface area contributed by atoms with Crippen LogP contribution in [0.2, 0.25) is 0 Å². The summed E-state index contributed by atoms with van der Waals surface area (Å²) in [6.45, 7) is 2.08. The molecule has 2 aromatic heterocycles. The number of hydrogen-bond donors (Lipinski definition) is 1. The van der Waals surface area contributed by atoms with Gasteiger partial charge in [0.1, 0.15) is 0 Å². The van der Waals surface area contributed by atoms with Gasteiger partial charge in [-0.1, -0.05) is 29.8 Å². The average Bonchev–Trinajstić information content (AvgIpc) is 3.20. The van der Waals surface area contributed by atoms with Crippen LogP contribution in [-0.2, 0) is 6.42 Å². The summed E-state index contributed by atoms with van der Waals surface area (Å²) in [4.78, 5) is 4.72. The van der Waals surface area contributed by atoms with E-state index < -0.39 is 0 Å². The number of aromatic hydroxyl groups is 1. The van der Waals surface area contributed by atoms with Crippen molar-refractivity contribution in [1.82, 2.24) is 14.6 Å². The van der Waals surface area contributed by atoms with Crippen molar-refractivity contribution in [3.05, 3.63) is 58.9 Å². The Hall–Kier alpha value is -2.36. The summed E-state index contributed by atoms with van der Waals surface area (Å²) in [6, 6.07) is 10.2. The summed E-state index contributed by atoms with van der Waals surface area (Å²) in [7, 11) is 0. The molecule has 0 atom stereocenters. The van der Waals surface area contributed by atoms with Gasteiger partial charge in [-0.25, -0.2) is 4.98 Å². The summed E-state index contributed by atoms with van der Waals surface area (Å²) >= 11 is 0. The fourth-order valence-electron chi connectivity index (χ4n) is 2.87. The molecule has 4 heteroatoms. The van der Waals surface area contributed by atoms with Gasteiger partial charge in [0.15, 0.2) is 5.65 Å². The lowest BCUT2D eigenvalue weighted by Gasteiger charge is -2.12. The largest absolute Gasteiger partial charge is 0.493 e. The highest BCUT2D eigenvalue weighted by Gasteiger charge is 2.30. The van der Waals surface area contributed by atoms with Gasteiger partial charge in [-0.2, -0.15) is 9.61 Å². The highest BCUT2D eigenvalue weighted by atomic mass is 16.3. The molecule has 106 valence electrons. The van der Waals surface area contributed by atoms with Crippen molar-refractivity contribution >= 4 is 5.65 Å². The number of benzene rings is 1. The molecule has 1 saturated carbocycles. The zero-order valence-corrected chi connectivity index (χ0v) is 12.0. The molecule has 1 fully saturated rings. The smallest absolute Gasteiger partial charge is 0.219 e. The SMILES string of the molecule is Cc1cccc(Cc2c(C3CC3)nc3ccnn3c2O)c1. The first-order valence-electron chi connectivity index (χ1n) is 7.33. The Bertz CT molecular complexity index is 818. The van der Waals surface area contributed by atoms with Crippen molar-refractivity contribution in [2.75, 3.05) is 0 Å². The van der Waals surface area contributed by atoms with Crippen molar-refractivity contribution in [3.63, 3.8) is 0 Å². The number of aromatic nitrogens is 3. The zero-order chi connectivity index (χ0) is 14.4. The minimum absolute atomic E-state index is 0.230. The zero-order valence-electron chi connectivity index (χ0n) is 12.0. The van der Waals surface area contributed by atoms with Gasteiger partial charge in [-0.3, -0.25) is 0 Å². The molecule has 0 saturated heterocycles. The first-order chi connectivity index (χ1) is 10.2. The average molecular weight is 279 g/mol. The van der Waals surface area contributed by atoms with Gasteiger partial charge in [0.05, 0.1) is 11.9 Å². The van der Waals surface area contributed by atoms with Gasteiger partial charge in [0, 0.05) is 24.0 Å². The highest BCUT2D eigenvalue weighted by Crippen LogP contribution is 2.43. The lowest BCUT2D eigenvalue weighted by Crippen LogP contribution is -2.04. The van der Waals surface area contributed by atoms with Gasteiger partial charge in [0.2, 0.25) is 5.88 Å². The second-order valence-electron chi connectivity index (χ2n) is 5.84. The van der Waals surface area contributed by atoms with E-state index in [0.717, 1.165) is 29.7 Å². The third kappa shape index (κ3) is 2.17. The van der Waals surface area contributed by atoms with Crippen LogP contribution < -0.4 is 0 Å².